The molecule has 0 radical (unpaired) electrons. The molecule has 6 heteroatoms. The van der Waals surface area contributed by atoms with Gasteiger partial charge in [0.25, 0.3) is 0 Å². The molecular formula is C16H23ClN4O. The molecule has 1 aromatic carbocycles. The molecule has 0 unspecified atom stereocenters. The van der Waals surface area contributed by atoms with Crippen molar-refractivity contribution in [2.75, 3.05) is 20.2 Å². The van der Waals surface area contributed by atoms with Crippen molar-refractivity contribution in [1.29, 1.82) is 0 Å². The number of halogens is 1. The molecule has 0 bridgehead atoms. The van der Waals surface area contributed by atoms with Gasteiger partial charge in [-0.3, -0.25) is 4.90 Å². The lowest BCUT2D eigenvalue weighted by Crippen LogP contribution is -2.39. The third-order valence-electron chi connectivity index (χ3n) is 4.05. The van der Waals surface area contributed by atoms with Gasteiger partial charge in [0.05, 0.1) is 12.8 Å². The molecule has 0 spiro atoms. The number of ether oxygens (including phenoxy) is 1. The van der Waals surface area contributed by atoms with Gasteiger partial charge in [0.15, 0.2) is 0 Å². The largest absolute Gasteiger partial charge is 0.494 e. The Morgan fingerprint density at radius 2 is 1.95 bits per heavy atom. The average Bonchev–Trinajstić information content (AvgIpc) is 2.97. The van der Waals surface area contributed by atoms with Crippen molar-refractivity contribution in [2.24, 2.45) is 5.73 Å². The first-order chi connectivity index (χ1) is 10.3. The maximum absolute atomic E-state index is 5.97. The summed E-state index contributed by atoms with van der Waals surface area (Å²) < 4.78 is 7.40. The Bertz CT molecular complexity index is 593. The molecule has 1 fully saturated rings. The number of aromatic nitrogens is 2. The highest BCUT2D eigenvalue weighted by molar-refractivity contribution is 5.85. The van der Waals surface area contributed by atoms with Crippen LogP contribution in [0.1, 0.15) is 18.5 Å². The van der Waals surface area contributed by atoms with Crippen LogP contribution in [-0.4, -0.2) is 40.9 Å². The van der Waals surface area contributed by atoms with Gasteiger partial charge in [-0.25, -0.2) is 4.68 Å². The number of piperidine rings is 1. The molecule has 0 atom stereocenters. The van der Waals surface area contributed by atoms with E-state index >= 15 is 0 Å². The summed E-state index contributed by atoms with van der Waals surface area (Å²) >= 11 is 0. The molecule has 2 N–H and O–H groups in total. The van der Waals surface area contributed by atoms with E-state index in [-0.39, 0.29) is 12.4 Å². The number of methoxy groups -OCH3 is 1. The average molecular weight is 323 g/mol. The summed E-state index contributed by atoms with van der Waals surface area (Å²) in [6.45, 7) is 3.00. The number of nitrogens with two attached hydrogens (primary N) is 1. The number of likely N-dealkylation sites (tertiary alicyclic amines) is 1. The van der Waals surface area contributed by atoms with E-state index in [1.807, 2.05) is 35.1 Å². The Balaban J connectivity index is 0.00000176. The third kappa shape index (κ3) is 3.61. The number of nitrogens with zero attached hydrogens (tertiary/aromatic N) is 3. The molecule has 120 valence electrons. The van der Waals surface area contributed by atoms with Crippen LogP contribution in [0.2, 0.25) is 0 Å². The van der Waals surface area contributed by atoms with Crippen molar-refractivity contribution in [2.45, 2.75) is 25.4 Å². The number of rotatable bonds is 4. The summed E-state index contributed by atoms with van der Waals surface area (Å²) in [5, 5.41) is 4.46. The SMILES string of the molecule is COc1ccccc1-n1nccc1CN1CCC(N)CC1.Cl. The Labute approximate surface area is 137 Å². The molecule has 0 saturated carbocycles. The maximum Gasteiger partial charge on any atom is 0.144 e. The van der Waals surface area contributed by atoms with E-state index in [1.165, 1.54) is 5.69 Å². The molecule has 0 amide bonds. The van der Waals surface area contributed by atoms with Gasteiger partial charge in [-0.1, -0.05) is 12.1 Å². The Morgan fingerprint density at radius 3 is 2.68 bits per heavy atom. The van der Waals surface area contributed by atoms with Crippen LogP contribution in [0, 0.1) is 0 Å². The second-order valence-corrected chi connectivity index (χ2v) is 5.52. The van der Waals surface area contributed by atoms with Crippen molar-refractivity contribution < 1.29 is 4.74 Å². The van der Waals surface area contributed by atoms with Crippen LogP contribution in [0.3, 0.4) is 0 Å². The van der Waals surface area contributed by atoms with Crippen LogP contribution < -0.4 is 10.5 Å². The molecule has 2 aromatic rings. The standard InChI is InChI=1S/C16H22N4O.ClH/c1-21-16-5-3-2-4-15(16)20-14(6-9-18-20)12-19-10-7-13(17)8-11-19;/h2-6,9,13H,7-8,10-12,17H2,1H3;1H. The van der Waals surface area contributed by atoms with Gasteiger partial charge < -0.3 is 10.5 Å². The minimum Gasteiger partial charge on any atom is -0.494 e. The van der Waals surface area contributed by atoms with Crippen molar-refractivity contribution in [3.8, 4) is 11.4 Å². The first-order valence-corrected chi connectivity index (χ1v) is 7.42. The van der Waals surface area contributed by atoms with Gasteiger partial charge in [-0.15, -0.1) is 12.4 Å². The van der Waals surface area contributed by atoms with Gasteiger partial charge in [0.1, 0.15) is 11.4 Å². The molecule has 1 aromatic heterocycles. The fraction of sp³-hybridized carbons (Fsp3) is 0.438. The zero-order valence-corrected chi connectivity index (χ0v) is 13.6. The Kier molecular flexibility index (Phi) is 5.83. The second kappa shape index (κ2) is 7.63. The Hall–Kier alpha value is -1.56. The molecule has 5 nitrogen and oxygen atoms in total. The number of hydrogen-bond acceptors (Lipinski definition) is 4. The van der Waals surface area contributed by atoms with E-state index in [4.69, 9.17) is 10.5 Å². The lowest BCUT2D eigenvalue weighted by Gasteiger charge is -2.30. The van der Waals surface area contributed by atoms with E-state index < -0.39 is 0 Å². The highest BCUT2D eigenvalue weighted by Crippen LogP contribution is 2.23. The molecule has 1 saturated heterocycles. The third-order valence-corrected chi connectivity index (χ3v) is 4.05. The van der Waals surface area contributed by atoms with E-state index in [0.717, 1.165) is 43.9 Å². The van der Waals surface area contributed by atoms with Gasteiger partial charge in [-0.05, 0) is 31.0 Å². The minimum atomic E-state index is 0. The van der Waals surface area contributed by atoms with Crippen molar-refractivity contribution in [1.82, 2.24) is 14.7 Å². The Morgan fingerprint density at radius 1 is 1.23 bits per heavy atom. The molecule has 1 aliphatic rings. The van der Waals surface area contributed by atoms with Gasteiger partial charge in [-0.2, -0.15) is 5.10 Å². The monoisotopic (exact) mass is 322 g/mol. The quantitative estimate of drug-likeness (QED) is 0.938. The van der Waals surface area contributed by atoms with Crippen LogP contribution in [0.25, 0.3) is 5.69 Å². The molecule has 2 heterocycles. The van der Waals surface area contributed by atoms with E-state index in [9.17, 15) is 0 Å². The highest BCUT2D eigenvalue weighted by Gasteiger charge is 2.18. The van der Waals surface area contributed by atoms with Crippen LogP contribution in [0.4, 0.5) is 0 Å². The normalized spacial score (nSPS) is 16.3. The minimum absolute atomic E-state index is 0. The zero-order chi connectivity index (χ0) is 14.7. The van der Waals surface area contributed by atoms with Gasteiger partial charge >= 0.3 is 0 Å². The summed E-state index contributed by atoms with van der Waals surface area (Å²) in [6, 6.07) is 10.4. The predicted molar refractivity (Wildman–Crippen MR) is 89.9 cm³/mol. The second-order valence-electron chi connectivity index (χ2n) is 5.52. The fourth-order valence-electron chi connectivity index (χ4n) is 2.81. The summed E-state index contributed by atoms with van der Waals surface area (Å²) in [5.41, 5.74) is 8.12. The fourth-order valence-corrected chi connectivity index (χ4v) is 2.81. The molecule has 0 aliphatic carbocycles. The first-order valence-electron chi connectivity index (χ1n) is 7.42. The number of para-hydroxylation sites is 2. The lowest BCUT2D eigenvalue weighted by atomic mass is 10.1. The van der Waals surface area contributed by atoms with Crippen molar-refractivity contribution in [3.63, 3.8) is 0 Å². The van der Waals surface area contributed by atoms with Gasteiger partial charge in [0, 0.05) is 31.9 Å². The van der Waals surface area contributed by atoms with Crippen LogP contribution in [0.5, 0.6) is 5.75 Å². The van der Waals surface area contributed by atoms with E-state index in [1.54, 1.807) is 7.11 Å². The molecule has 22 heavy (non-hydrogen) atoms. The summed E-state index contributed by atoms with van der Waals surface area (Å²) in [6.07, 6.45) is 3.99. The first kappa shape index (κ1) is 16.8. The van der Waals surface area contributed by atoms with E-state index in [0.29, 0.717) is 6.04 Å². The summed E-state index contributed by atoms with van der Waals surface area (Å²) in [4.78, 5) is 2.44. The van der Waals surface area contributed by atoms with E-state index in [2.05, 4.69) is 16.1 Å². The number of hydrogen-bond donors (Lipinski definition) is 1. The smallest absolute Gasteiger partial charge is 0.144 e. The molecule has 1 aliphatic heterocycles. The van der Waals surface area contributed by atoms with Crippen molar-refractivity contribution >= 4 is 12.4 Å². The summed E-state index contributed by atoms with van der Waals surface area (Å²) in [7, 11) is 1.69. The molecule has 3 rings (SSSR count). The van der Waals surface area contributed by atoms with Crippen LogP contribution in [-0.2, 0) is 6.54 Å². The summed E-state index contributed by atoms with van der Waals surface area (Å²) in [5.74, 6) is 0.836. The van der Waals surface area contributed by atoms with Crippen LogP contribution >= 0.6 is 12.4 Å². The van der Waals surface area contributed by atoms with Gasteiger partial charge in [0.2, 0.25) is 0 Å². The maximum atomic E-state index is 5.97. The van der Waals surface area contributed by atoms with Crippen LogP contribution in [0.15, 0.2) is 36.5 Å². The topological polar surface area (TPSA) is 56.3 Å². The predicted octanol–water partition coefficient (Wildman–Crippen LogP) is 2.23. The highest BCUT2D eigenvalue weighted by atomic mass is 35.5. The molecular weight excluding hydrogens is 300 g/mol. The van der Waals surface area contributed by atoms with Crippen molar-refractivity contribution in [3.05, 3.63) is 42.2 Å². The number of benzene rings is 1. The lowest BCUT2D eigenvalue weighted by molar-refractivity contribution is 0.202. The zero-order valence-electron chi connectivity index (χ0n) is 12.8.